The van der Waals surface area contributed by atoms with E-state index < -0.39 is 167 Å². The van der Waals surface area contributed by atoms with Crippen LogP contribution in [0, 0.1) is 39.9 Å². The number of hydrogen-bond acceptors (Lipinski definition) is 27. The fourth-order valence-corrected chi connectivity index (χ4v) is 13.9. The zero-order chi connectivity index (χ0) is 82.1. The van der Waals surface area contributed by atoms with E-state index in [-0.39, 0.29) is 110 Å². The predicted molar refractivity (Wildman–Crippen MR) is 432 cm³/mol. The molecule has 115 heavy (non-hydrogen) atoms. The smallest absolute Gasteiger partial charge is 0.756 e. The van der Waals surface area contributed by atoms with E-state index in [0.29, 0.717) is 25.7 Å². The molecule has 0 fully saturated rings. The van der Waals surface area contributed by atoms with Gasteiger partial charge in [0.05, 0.1) is 57.4 Å². The van der Waals surface area contributed by atoms with Crippen LogP contribution in [0.5, 0.6) is 0 Å². The number of amides is 2. The number of nitrogens with zero attached hydrogens (tertiary/aromatic N) is 3. The van der Waals surface area contributed by atoms with Gasteiger partial charge in [-0.3, -0.25) is 52.6 Å². The second-order valence-corrected chi connectivity index (χ2v) is 32.2. The summed E-state index contributed by atoms with van der Waals surface area (Å²) >= 11 is 0. The summed E-state index contributed by atoms with van der Waals surface area (Å²) in [5, 5.41) is 39.8. The van der Waals surface area contributed by atoms with Gasteiger partial charge in [0.15, 0.2) is 12.2 Å². The quantitative estimate of drug-likeness (QED) is 0.0144. The second-order valence-electron chi connectivity index (χ2n) is 29.4. The molecule has 0 saturated carbocycles. The van der Waals surface area contributed by atoms with Crippen LogP contribution in [-0.2, 0) is 94.8 Å². The Morgan fingerprint density at radius 1 is 0.313 bits per heavy atom. The van der Waals surface area contributed by atoms with Crippen molar-refractivity contribution in [3.05, 3.63) is 0 Å². The van der Waals surface area contributed by atoms with Crippen LogP contribution in [0.2, 0.25) is 0 Å². The van der Waals surface area contributed by atoms with Gasteiger partial charge in [0.1, 0.15) is 13.2 Å². The summed E-state index contributed by atoms with van der Waals surface area (Å²) in [6.45, 7) is -0.654. The van der Waals surface area contributed by atoms with E-state index >= 15 is 0 Å². The monoisotopic (exact) mass is 1840 g/mol. The molecule has 0 rings (SSSR count). The van der Waals surface area contributed by atoms with Crippen molar-refractivity contribution >= 4 is 69.2 Å². The minimum absolute atomic E-state index is 0. The Balaban J connectivity index is -0.0000101. The first-order valence-electron chi connectivity index (χ1n) is 42.6. The van der Waals surface area contributed by atoms with Crippen LogP contribution in [0.3, 0.4) is 0 Å². The van der Waals surface area contributed by atoms with Crippen LogP contribution in [0.15, 0.2) is 0 Å². The van der Waals surface area contributed by atoms with Crippen LogP contribution < -0.4 is 48.0 Å². The maximum atomic E-state index is 13.4. The number of nitrogens with one attached hydrogen (secondary N) is 2. The molecule has 0 aromatic carbocycles. The number of ether oxygens (including phenoxy) is 4. The number of carbonyl (C=O) groups is 9. The predicted octanol–water partition coefficient (Wildman–Crippen LogP) is 9.92. The van der Waals surface area contributed by atoms with Gasteiger partial charge in [0.2, 0.25) is 11.8 Å². The summed E-state index contributed by atoms with van der Waals surface area (Å²) < 4.78 is 68.0. The van der Waals surface area contributed by atoms with Gasteiger partial charge in [-0.1, -0.05) is 285 Å². The van der Waals surface area contributed by atoms with Crippen LogP contribution >= 0.6 is 15.6 Å². The number of carbonyl (C=O) groups excluding carboxylic acids is 9. The zero-order valence-corrected chi connectivity index (χ0v) is 75.6. The zero-order valence-electron chi connectivity index (χ0n) is 71.6. The summed E-state index contributed by atoms with van der Waals surface area (Å²) in [4.78, 5) is 142. The number of quaternary nitrogens is 2. The standard InChI is InChI=1S/C80H151N5O24P2.Gd.2H3N.H2O/c1-5-9-13-17-21-25-29-33-37-41-45-49-77(94)102-66-70(108-79(96)51-47-43-39-35-31-27-23-19-15-11-7-3)68-106-110(98,99)104-59-53-81-72(86)61-83(56-58-85(64-75(90)91)65-76(92)93)55-57-84(63-74(88)89)62-73(87)82-54-60-105-111(100,101)107-69-71(109-80(97)52-48-44-40-36-32-28-24-20-16-12-8-4)67-103-78(95)50-46-42-38-34-30-26-22-18-14-10-6-2;;;;/h70-71H,5-69H2,1-4H3,(H,81,86)(H,82,87)(H,88,89)(H,90,91)(H,92,93)(H,98,99)(H,100,101);;2*1H3;1H2/q;+3;;;/p-2/t70-,71-;;;;/m1..../s1. The van der Waals surface area contributed by atoms with Gasteiger partial charge in [-0.25, -0.2) is 0 Å². The van der Waals surface area contributed by atoms with E-state index in [9.17, 15) is 77.4 Å². The molecule has 0 aliphatic rings. The number of carboxylic acid groups (broad SMARTS) is 3. The summed E-state index contributed by atoms with van der Waals surface area (Å²) in [6, 6.07) is 0. The fourth-order valence-electron chi connectivity index (χ4n) is 12.4. The fraction of sp³-hybridized carbons (Fsp3) is 0.887. The Bertz CT molecular complexity index is 2490. The molecular weight excluding hydrogens is 1680 g/mol. The molecule has 32 nitrogen and oxygen atoms in total. The molecule has 0 aliphatic heterocycles. The van der Waals surface area contributed by atoms with E-state index in [4.69, 9.17) is 37.0 Å². The Kier molecular flexibility index (Phi) is 87.9. The van der Waals surface area contributed by atoms with Crippen molar-refractivity contribution < 1.29 is 160 Å². The number of carboxylic acids is 3. The van der Waals surface area contributed by atoms with Gasteiger partial charge >= 0.3 is 63.8 Å². The molecule has 13 N–H and O–H groups in total. The summed E-state index contributed by atoms with van der Waals surface area (Å²) in [5.41, 5.74) is 0. The molecule has 0 saturated heterocycles. The molecule has 0 spiro atoms. The van der Waals surface area contributed by atoms with Crippen LogP contribution in [0.4, 0.5) is 0 Å². The topological polar surface area (TPSA) is 517 Å². The van der Waals surface area contributed by atoms with Crippen molar-refractivity contribution in [2.24, 2.45) is 0 Å². The first-order valence-corrected chi connectivity index (χ1v) is 45.5. The number of rotatable bonds is 84. The van der Waals surface area contributed by atoms with E-state index in [1.807, 2.05) is 0 Å². The maximum Gasteiger partial charge on any atom is 3.00 e. The number of phosphoric ester groups is 2. The molecule has 35 heteroatoms. The molecule has 2 amide bonds. The molecule has 0 aromatic heterocycles. The molecule has 0 aliphatic carbocycles. The van der Waals surface area contributed by atoms with Crippen LogP contribution in [-0.4, -0.2) is 192 Å². The summed E-state index contributed by atoms with van der Waals surface area (Å²) in [7, 11) is -10.3. The minimum atomic E-state index is -5.17. The molecule has 1 radical (unpaired) electrons. The maximum absolute atomic E-state index is 13.4. The molecular formula is C80H157GdN7O25P2+. The van der Waals surface area contributed by atoms with Crippen molar-refractivity contribution in [2.45, 2.75) is 348 Å². The number of aliphatic carboxylic acids is 3. The molecule has 0 bridgehead atoms. The van der Waals surface area contributed by atoms with Crippen molar-refractivity contribution in [1.29, 1.82) is 0 Å². The van der Waals surface area contributed by atoms with Crippen molar-refractivity contribution in [1.82, 2.24) is 37.6 Å². The third-order valence-corrected chi connectivity index (χ3v) is 20.8. The third-order valence-electron chi connectivity index (χ3n) is 18.8. The molecule has 4 atom stereocenters. The Morgan fingerprint density at radius 2 is 0.530 bits per heavy atom. The molecule has 2 unspecified atom stereocenters. The van der Waals surface area contributed by atoms with Gasteiger partial charge in [0, 0.05) is 84.6 Å². The van der Waals surface area contributed by atoms with E-state index in [0.717, 1.165) is 113 Å². The Labute approximate surface area is 721 Å². The number of hydrogen-bond donors (Lipinski definition) is 4. The summed E-state index contributed by atoms with van der Waals surface area (Å²) in [6.07, 6.45) is 45.2. The average molecular weight is 1840 g/mol. The largest absolute Gasteiger partial charge is 3.00 e. The van der Waals surface area contributed by atoms with E-state index in [1.165, 1.54) is 159 Å². The SMILES string of the molecule is CCCCCCCCCCCCCC(=O)OC[C@H](COP(=O)([O-])OCCNC(=O)CN(CCN(CC(=O)[O-])CC(=O)[O-])CCN(CC(=O)[O-])CC(=O)NCCOP(=O)([O-])OC[C@@H](COC(=O)CCCCCCCCCCCCC)OC(=O)CCCCCCCCCCCCC)OC(=O)CCCCCCCCCCCCC.[Gd+3].[NH4+].[NH4+].[OH3+]. The molecule has 0 heterocycles. The van der Waals surface area contributed by atoms with E-state index in [2.05, 4.69) is 38.3 Å². The first-order chi connectivity index (χ1) is 53.4. The van der Waals surface area contributed by atoms with Crippen LogP contribution in [0.1, 0.15) is 336 Å². The second kappa shape index (κ2) is 84.2. The van der Waals surface area contributed by atoms with Crippen molar-refractivity contribution in [3.63, 3.8) is 0 Å². The van der Waals surface area contributed by atoms with Crippen molar-refractivity contribution in [3.8, 4) is 0 Å². The van der Waals surface area contributed by atoms with E-state index in [1.54, 1.807) is 0 Å². The summed E-state index contributed by atoms with van der Waals surface area (Å²) in [5.74, 6) is -8.79. The van der Waals surface area contributed by atoms with Crippen LogP contribution in [0.25, 0.3) is 0 Å². The normalized spacial score (nSPS) is 12.7. The molecule has 0 aromatic rings. The Hall–Kier alpha value is -3.47. The number of esters is 4. The van der Waals surface area contributed by atoms with Crippen molar-refractivity contribution in [2.75, 3.05) is 112 Å². The Morgan fingerprint density at radius 3 is 0.783 bits per heavy atom. The minimum Gasteiger partial charge on any atom is -0.756 e. The number of phosphoric acid groups is 2. The average Bonchev–Trinajstić information content (AvgIpc) is 0.911. The van der Waals surface area contributed by atoms with Gasteiger partial charge in [0.25, 0.3) is 15.6 Å². The van der Waals surface area contributed by atoms with Gasteiger partial charge in [-0.2, -0.15) is 0 Å². The number of unbranched alkanes of at least 4 members (excludes halogenated alkanes) is 40. The third kappa shape index (κ3) is 84.0. The molecule has 679 valence electrons. The first kappa shape index (κ1) is 120. The van der Waals surface area contributed by atoms with Gasteiger partial charge < -0.3 is 105 Å². The van der Waals surface area contributed by atoms with Gasteiger partial charge in [-0.15, -0.1) is 0 Å². The van der Waals surface area contributed by atoms with Gasteiger partial charge in [-0.05, 0) is 25.7 Å².